The molecule has 0 aliphatic carbocycles. The van der Waals surface area contributed by atoms with Gasteiger partial charge in [0.25, 0.3) is 0 Å². The molecule has 0 radical (unpaired) electrons. The fourth-order valence-corrected chi connectivity index (χ4v) is 2.59. The highest BCUT2D eigenvalue weighted by atomic mass is 15.1. The van der Waals surface area contributed by atoms with Crippen LogP contribution in [0.1, 0.15) is 39.9 Å². The molecule has 0 spiro atoms. The number of rotatable bonds is 4. The van der Waals surface area contributed by atoms with E-state index in [0.29, 0.717) is 0 Å². The van der Waals surface area contributed by atoms with Gasteiger partial charge in [0.05, 0.1) is 0 Å². The second-order valence-corrected chi connectivity index (χ2v) is 6.35. The molecular formula is C15H24N4. The van der Waals surface area contributed by atoms with Crippen LogP contribution >= 0.6 is 0 Å². The minimum Gasteiger partial charge on any atom is -0.327 e. The van der Waals surface area contributed by atoms with Crippen LogP contribution in [0.15, 0.2) is 18.3 Å². The number of hydrogen-bond donors (Lipinski definition) is 1. The Kier molecular flexibility index (Phi) is 3.90. The van der Waals surface area contributed by atoms with Gasteiger partial charge in [-0.2, -0.15) is 0 Å². The summed E-state index contributed by atoms with van der Waals surface area (Å²) in [4.78, 5) is 9.09. The number of fused-ring (bicyclic) bond motifs is 1. The number of nitrogens with two attached hydrogens (primary N) is 1. The quantitative estimate of drug-likeness (QED) is 0.919. The van der Waals surface area contributed by atoms with Crippen molar-refractivity contribution < 1.29 is 0 Å². The summed E-state index contributed by atoms with van der Waals surface area (Å²) in [6.45, 7) is 9.66. The van der Waals surface area contributed by atoms with Crippen LogP contribution in [0.25, 0.3) is 11.2 Å². The molecule has 19 heavy (non-hydrogen) atoms. The topological polar surface area (TPSA) is 56.7 Å². The Hall–Kier alpha value is -1.42. The summed E-state index contributed by atoms with van der Waals surface area (Å²) in [5.41, 5.74) is 8.44. The standard InChI is InChI=1S/C15H24N4/c1-5-19-13(9-11(16)10-15(2,3)4)18-12-7-6-8-17-14(12)19/h6-8,11H,5,9-10,16H2,1-4H3. The van der Waals surface area contributed by atoms with E-state index in [1.807, 2.05) is 18.3 Å². The minimum atomic E-state index is 0.141. The molecule has 0 bridgehead atoms. The molecule has 2 aromatic rings. The molecule has 2 N–H and O–H groups in total. The van der Waals surface area contributed by atoms with E-state index in [1.165, 1.54) is 0 Å². The van der Waals surface area contributed by atoms with Crippen molar-refractivity contribution in [1.29, 1.82) is 0 Å². The van der Waals surface area contributed by atoms with Gasteiger partial charge in [-0.3, -0.25) is 0 Å². The average Bonchev–Trinajstić information content (AvgIpc) is 2.63. The third kappa shape index (κ3) is 3.32. The molecule has 0 saturated heterocycles. The summed E-state index contributed by atoms with van der Waals surface area (Å²) >= 11 is 0. The maximum absolute atomic E-state index is 6.26. The molecule has 2 aromatic heterocycles. The lowest BCUT2D eigenvalue weighted by atomic mass is 9.87. The highest BCUT2D eigenvalue weighted by Gasteiger charge is 2.19. The summed E-state index contributed by atoms with van der Waals surface area (Å²) in [6, 6.07) is 4.07. The summed E-state index contributed by atoms with van der Waals surface area (Å²) in [5, 5.41) is 0. The number of nitrogens with zero attached hydrogens (tertiary/aromatic N) is 3. The maximum atomic E-state index is 6.26. The van der Waals surface area contributed by atoms with Crippen LogP contribution in [0.3, 0.4) is 0 Å². The first-order chi connectivity index (χ1) is 8.90. The molecule has 1 atom stereocenters. The van der Waals surface area contributed by atoms with Gasteiger partial charge in [0, 0.05) is 25.2 Å². The summed E-state index contributed by atoms with van der Waals surface area (Å²) in [6.07, 6.45) is 3.61. The van der Waals surface area contributed by atoms with Gasteiger partial charge in [-0.25, -0.2) is 9.97 Å². The Morgan fingerprint density at radius 1 is 1.37 bits per heavy atom. The van der Waals surface area contributed by atoms with Crippen LogP contribution in [0.5, 0.6) is 0 Å². The van der Waals surface area contributed by atoms with Crippen LogP contribution in [-0.4, -0.2) is 20.6 Å². The minimum absolute atomic E-state index is 0.141. The molecular weight excluding hydrogens is 236 g/mol. The normalized spacial score (nSPS) is 13.9. The molecule has 1 unspecified atom stereocenters. The number of aromatic nitrogens is 3. The van der Waals surface area contributed by atoms with E-state index >= 15 is 0 Å². The maximum Gasteiger partial charge on any atom is 0.159 e. The average molecular weight is 260 g/mol. The highest BCUT2D eigenvalue weighted by molar-refractivity contribution is 5.71. The van der Waals surface area contributed by atoms with E-state index in [-0.39, 0.29) is 11.5 Å². The van der Waals surface area contributed by atoms with Crippen molar-refractivity contribution in [3.8, 4) is 0 Å². The van der Waals surface area contributed by atoms with E-state index in [1.54, 1.807) is 0 Å². The molecule has 104 valence electrons. The molecule has 0 aliphatic rings. The van der Waals surface area contributed by atoms with Gasteiger partial charge in [0.2, 0.25) is 0 Å². The van der Waals surface area contributed by atoms with E-state index in [4.69, 9.17) is 5.73 Å². The molecule has 0 aliphatic heterocycles. The first kappa shape index (κ1) is 14.0. The zero-order valence-corrected chi connectivity index (χ0v) is 12.3. The van der Waals surface area contributed by atoms with Crippen molar-refractivity contribution in [2.24, 2.45) is 11.1 Å². The Morgan fingerprint density at radius 3 is 2.74 bits per heavy atom. The predicted octanol–water partition coefficient (Wildman–Crippen LogP) is 2.76. The van der Waals surface area contributed by atoms with Gasteiger partial charge in [-0.15, -0.1) is 0 Å². The van der Waals surface area contributed by atoms with E-state index in [2.05, 4.69) is 42.2 Å². The summed E-state index contributed by atoms with van der Waals surface area (Å²) in [7, 11) is 0. The van der Waals surface area contributed by atoms with Crippen molar-refractivity contribution in [1.82, 2.24) is 14.5 Å². The monoisotopic (exact) mass is 260 g/mol. The first-order valence-corrected chi connectivity index (χ1v) is 6.96. The predicted molar refractivity (Wildman–Crippen MR) is 79.0 cm³/mol. The zero-order chi connectivity index (χ0) is 14.0. The Labute approximate surface area is 115 Å². The largest absolute Gasteiger partial charge is 0.327 e. The lowest BCUT2D eigenvalue weighted by Crippen LogP contribution is -2.29. The molecule has 0 saturated carbocycles. The fourth-order valence-electron chi connectivity index (χ4n) is 2.59. The van der Waals surface area contributed by atoms with Crippen LogP contribution in [0, 0.1) is 5.41 Å². The summed E-state index contributed by atoms with van der Waals surface area (Å²) < 4.78 is 2.16. The number of pyridine rings is 1. The molecule has 2 rings (SSSR count). The Morgan fingerprint density at radius 2 is 2.11 bits per heavy atom. The summed E-state index contributed by atoms with van der Waals surface area (Å²) in [5.74, 6) is 1.05. The molecule has 4 nitrogen and oxygen atoms in total. The van der Waals surface area contributed by atoms with Crippen LogP contribution in [0.4, 0.5) is 0 Å². The zero-order valence-electron chi connectivity index (χ0n) is 12.3. The molecule has 0 amide bonds. The SMILES string of the molecule is CCn1c(CC(N)CC(C)(C)C)nc2cccnc21. The van der Waals surface area contributed by atoms with Crippen molar-refractivity contribution >= 4 is 11.2 Å². The lowest BCUT2D eigenvalue weighted by Gasteiger charge is -2.23. The number of hydrogen-bond acceptors (Lipinski definition) is 3. The fraction of sp³-hybridized carbons (Fsp3) is 0.600. The molecule has 0 aromatic carbocycles. The lowest BCUT2D eigenvalue weighted by molar-refractivity contribution is 0.335. The Bertz CT molecular complexity index is 551. The van der Waals surface area contributed by atoms with Crippen molar-refractivity contribution in [3.63, 3.8) is 0 Å². The third-order valence-corrected chi connectivity index (χ3v) is 3.22. The Balaban J connectivity index is 2.25. The van der Waals surface area contributed by atoms with Crippen molar-refractivity contribution in [2.75, 3.05) is 0 Å². The second kappa shape index (κ2) is 5.29. The van der Waals surface area contributed by atoms with Crippen LogP contribution in [0.2, 0.25) is 0 Å². The number of aryl methyl sites for hydroxylation is 1. The van der Waals surface area contributed by atoms with E-state index in [0.717, 1.165) is 36.4 Å². The smallest absolute Gasteiger partial charge is 0.159 e. The van der Waals surface area contributed by atoms with Crippen LogP contribution < -0.4 is 5.73 Å². The van der Waals surface area contributed by atoms with Gasteiger partial charge < -0.3 is 10.3 Å². The van der Waals surface area contributed by atoms with Gasteiger partial charge in [0.1, 0.15) is 11.3 Å². The molecule has 0 fully saturated rings. The van der Waals surface area contributed by atoms with Crippen molar-refractivity contribution in [3.05, 3.63) is 24.2 Å². The second-order valence-electron chi connectivity index (χ2n) is 6.35. The van der Waals surface area contributed by atoms with Gasteiger partial charge >= 0.3 is 0 Å². The first-order valence-electron chi connectivity index (χ1n) is 6.96. The van der Waals surface area contributed by atoms with Gasteiger partial charge in [-0.05, 0) is 30.9 Å². The third-order valence-electron chi connectivity index (χ3n) is 3.22. The van der Waals surface area contributed by atoms with Gasteiger partial charge in [-0.1, -0.05) is 20.8 Å². The number of imidazole rings is 1. The van der Waals surface area contributed by atoms with Gasteiger partial charge in [0.15, 0.2) is 5.65 Å². The van der Waals surface area contributed by atoms with Crippen LogP contribution in [-0.2, 0) is 13.0 Å². The molecule has 2 heterocycles. The van der Waals surface area contributed by atoms with Crippen molar-refractivity contribution in [2.45, 2.75) is 53.1 Å². The van der Waals surface area contributed by atoms with E-state index in [9.17, 15) is 0 Å². The highest BCUT2D eigenvalue weighted by Crippen LogP contribution is 2.22. The molecule has 4 heteroatoms. The van der Waals surface area contributed by atoms with E-state index < -0.39 is 0 Å².